The highest BCUT2D eigenvalue weighted by molar-refractivity contribution is 6.10. The van der Waals surface area contributed by atoms with Crippen molar-refractivity contribution >= 4 is 17.5 Å². The molecule has 1 aliphatic carbocycles. The third-order valence-corrected chi connectivity index (χ3v) is 4.05. The molecule has 2 aromatic rings. The number of H-pyrrole nitrogens is 1. The summed E-state index contributed by atoms with van der Waals surface area (Å²) in [7, 11) is 0. The number of hydrogen-bond donors (Lipinski definition) is 3. The lowest BCUT2D eigenvalue weighted by Gasteiger charge is -2.22. The molecule has 1 saturated carbocycles. The van der Waals surface area contributed by atoms with Crippen LogP contribution in [0.5, 0.6) is 0 Å². The van der Waals surface area contributed by atoms with E-state index >= 15 is 0 Å². The Morgan fingerprint density at radius 2 is 1.78 bits per heavy atom. The first-order valence-electron chi connectivity index (χ1n) is 7.94. The number of carbonyl (C=O) groups excluding carboxylic acids is 2. The standard InChI is InChI=1S/C17H20N4O2/c22-16(20-12-7-3-1-4-8-12)14-15(19-11-18-14)17(23)21-13-9-5-2-6-10-13/h1,3-4,7-8,11,13H,2,5-6,9-10H2,(H,18,19)(H,20,22)(H,21,23). The second-order valence-corrected chi connectivity index (χ2v) is 5.75. The van der Waals surface area contributed by atoms with Gasteiger partial charge in [-0.25, -0.2) is 4.98 Å². The Hall–Kier alpha value is -2.63. The van der Waals surface area contributed by atoms with Crippen LogP contribution in [0.2, 0.25) is 0 Å². The Labute approximate surface area is 134 Å². The fourth-order valence-electron chi connectivity index (χ4n) is 2.86. The zero-order chi connectivity index (χ0) is 16.1. The molecule has 0 spiro atoms. The van der Waals surface area contributed by atoms with Gasteiger partial charge < -0.3 is 15.6 Å². The fraction of sp³-hybridized carbons (Fsp3) is 0.353. The van der Waals surface area contributed by atoms with Crippen LogP contribution >= 0.6 is 0 Å². The summed E-state index contributed by atoms with van der Waals surface area (Å²) in [6.07, 6.45) is 6.85. The maximum Gasteiger partial charge on any atom is 0.276 e. The van der Waals surface area contributed by atoms with Crippen molar-refractivity contribution in [2.45, 2.75) is 38.1 Å². The minimum atomic E-state index is -0.397. The van der Waals surface area contributed by atoms with Crippen molar-refractivity contribution in [3.63, 3.8) is 0 Å². The topological polar surface area (TPSA) is 86.9 Å². The number of para-hydroxylation sites is 1. The highest BCUT2D eigenvalue weighted by Crippen LogP contribution is 2.18. The van der Waals surface area contributed by atoms with Crippen molar-refractivity contribution in [1.82, 2.24) is 15.3 Å². The number of imidazole rings is 1. The van der Waals surface area contributed by atoms with Crippen LogP contribution in [-0.4, -0.2) is 27.8 Å². The highest BCUT2D eigenvalue weighted by atomic mass is 16.2. The molecule has 0 atom stereocenters. The van der Waals surface area contributed by atoms with E-state index in [1.807, 2.05) is 18.2 Å². The summed E-state index contributed by atoms with van der Waals surface area (Å²) >= 11 is 0. The number of benzene rings is 1. The van der Waals surface area contributed by atoms with Gasteiger partial charge >= 0.3 is 0 Å². The first kappa shape index (κ1) is 15.3. The summed E-state index contributed by atoms with van der Waals surface area (Å²) in [6.45, 7) is 0. The van der Waals surface area contributed by atoms with Gasteiger partial charge in [-0.05, 0) is 25.0 Å². The van der Waals surface area contributed by atoms with Gasteiger partial charge in [0.2, 0.25) is 0 Å². The number of carbonyl (C=O) groups is 2. The molecule has 0 aliphatic heterocycles. The van der Waals surface area contributed by atoms with E-state index in [-0.39, 0.29) is 23.3 Å². The first-order chi connectivity index (χ1) is 11.2. The van der Waals surface area contributed by atoms with Gasteiger partial charge in [0.15, 0.2) is 5.69 Å². The Morgan fingerprint density at radius 1 is 1.04 bits per heavy atom. The van der Waals surface area contributed by atoms with Gasteiger partial charge in [-0.15, -0.1) is 0 Å². The third kappa shape index (κ3) is 3.77. The van der Waals surface area contributed by atoms with Crippen LogP contribution in [0, 0.1) is 0 Å². The number of aromatic amines is 1. The number of aromatic nitrogens is 2. The molecule has 1 aromatic carbocycles. The van der Waals surface area contributed by atoms with Crippen LogP contribution in [-0.2, 0) is 0 Å². The quantitative estimate of drug-likeness (QED) is 0.811. The van der Waals surface area contributed by atoms with E-state index in [0.29, 0.717) is 5.69 Å². The highest BCUT2D eigenvalue weighted by Gasteiger charge is 2.23. The summed E-state index contributed by atoms with van der Waals surface area (Å²) in [5, 5.41) is 5.73. The molecule has 1 aliphatic rings. The molecule has 23 heavy (non-hydrogen) atoms. The van der Waals surface area contributed by atoms with Crippen LogP contribution in [0.25, 0.3) is 0 Å². The second kappa shape index (κ2) is 7.09. The lowest BCUT2D eigenvalue weighted by molar-refractivity contribution is 0.0912. The SMILES string of the molecule is O=C(Nc1ccccc1)c1nc[nH]c1C(=O)NC1CCCCC1. The summed E-state index contributed by atoms with van der Waals surface area (Å²) in [5.41, 5.74) is 0.991. The molecule has 3 N–H and O–H groups in total. The number of nitrogens with one attached hydrogen (secondary N) is 3. The van der Waals surface area contributed by atoms with Gasteiger partial charge in [-0.2, -0.15) is 0 Å². The van der Waals surface area contributed by atoms with Crippen LogP contribution in [0.15, 0.2) is 36.7 Å². The van der Waals surface area contributed by atoms with E-state index in [1.54, 1.807) is 12.1 Å². The number of hydrogen-bond acceptors (Lipinski definition) is 3. The predicted molar refractivity (Wildman–Crippen MR) is 87.3 cm³/mol. The predicted octanol–water partition coefficient (Wildman–Crippen LogP) is 2.72. The molecule has 3 rings (SSSR count). The molecular weight excluding hydrogens is 292 g/mol. The molecule has 120 valence electrons. The molecule has 2 amide bonds. The van der Waals surface area contributed by atoms with Crippen LogP contribution < -0.4 is 10.6 Å². The summed E-state index contributed by atoms with van der Waals surface area (Å²) < 4.78 is 0. The summed E-state index contributed by atoms with van der Waals surface area (Å²) in [5.74, 6) is -0.668. The lowest BCUT2D eigenvalue weighted by Crippen LogP contribution is -2.37. The molecule has 6 nitrogen and oxygen atoms in total. The van der Waals surface area contributed by atoms with Crippen molar-refractivity contribution in [1.29, 1.82) is 0 Å². The van der Waals surface area contributed by atoms with E-state index in [1.165, 1.54) is 12.7 Å². The number of rotatable bonds is 4. The van der Waals surface area contributed by atoms with E-state index in [2.05, 4.69) is 20.6 Å². The number of anilines is 1. The van der Waals surface area contributed by atoms with E-state index in [0.717, 1.165) is 25.7 Å². The smallest absolute Gasteiger partial charge is 0.276 e. The fourth-order valence-corrected chi connectivity index (χ4v) is 2.86. The maximum atomic E-state index is 12.4. The van der Waals surface area contributed by atoms with E-state index in [9.17, 15) is 9.59 Å². The summed E-state index contributed by atoms with van der Waals surface area (Å²) in [4.78, 5) is 31.5. The average molecular weight is 312 g/mol. The normalized spacial score (nSPS) is 15.1. The molecule has 0 unspecified atom stereocenters. The zero-order valence-corrected chi connectivity index (χ0v) is 12.8. The third-order valence-electron chi connectivity index (χ3n) is 4.05. The summed E-state index contributed by atoms with van der Waals surface area (Å²) in [6, 6.07) is 9.28. The van der Waals surface area contributed by atoms with Gasteiger partial charge in [0.1, 0.15) is 5.69 Å². The Morgan fingerprint density at radius 3 is 2.52 bits per heavy atom. The minimum Gasteiger partial charge on any atom is -0.348 e. The lowest BCUT2D eigenvalue weighted by atomic mass is 9.95. The minimum absolute atomic E-state index is 0.113. The van der Waals surface area contributed by atoms with Gasteiger partial charge in [0.05, 0.1) is 6.33 Å². The van der Waals surface area contributed by atoms with Crippen molar-refractivity contribution in [2.75, 3.05) is 5.32 Å². The monoisotopic (exact) mass is 312 g/mol. The van der Waals surface area contributed by atoms with Gasteiger partial charge in [0, 0.05) is 11.7 Å². The molecule has 1 fully saturated rings. The van der Waals surface area contributed by atoms with E-state index in [4.69, 9.17) is 0 Å². The van der Waals surface area contributed by atoms with Crippen LogP contribution in [0.4, 0.5) is 5.69 Å². The van der Waals surface area contributed by atoms with Gasteiger partial charge in [0.25, 0.3) is 11.8 Å². The number of nitrogens with zero attached hydrogens (tertiary/aromatic N) is 1. The molecule has 0 radical (unpaired) electrons. The van der Waals surface area contributed by atoms with Gasteiger partial charge in [-0.3, -0.25) is 9.59 Å². The molecule has 0 saturated heterocycles. The Balaban J connectivity index is 1.68. The van der Waals surface area contributed by atoms with Crippen molar-refractivity contribution < 1.29 is 9.59 Å². The molecule has 1 heterocycles. The van der Waals surface area contributed by atoms with Crippen molar-refractivity contribution in [2.24, 2.45) is 0 Å². The Bertz CT molecular complexity index is 675. The first-order valence-corrected chi connectivity index (χ1v) is 7.94. The second-order valence-electron chi connectivity index (χ2n) is 5.75. The van der Waals surface area contributed by atoms with Crippen molar-refractivity contribution in [3.8, 4) is 0 Å². The van der Waals surface area contributed by atoms with Crippen molar-refractivity contribution in [3.05, 3.63) is 48.0 Å². The van der Waals surface area contributed by atoms with Crippen LogP contribution in [0.1, 0.15) is 53.1 Å². The molecule has 0 bridgehead atoms. The van der Waals surface area contributed by atoms with E-state index < -0.39 is 5.91 Å². The molecule has 1 aromatic heterocycles. The zero-order valence-electron chi connectivity index (χ0n) is 12.8. The van der Waals surface area contributed by atoms with Crippen LogP contribution in [0.3, 0.4) is 0 Å². The largest absolute Gasteiger partial charge is 0.348 e. The number of amides is 2. The van der Waals surface area contributed by atoms with Gasteiger partial charge in [-0.1, -0.05) is 37.5 Å². The maximum absolute atomic E-state index is 12.4. The average Bonchev–Trinajstić information content (AvgIpc) is 3.06. The Kier molecular flexibility index (Phi) is 4.71. The molecule has 6 heteroatoms. The molecular formula is C17H20N4O2.